The van der Waals surface area contributed by atoms with Crippen molar-refractivity contribution < 1.29 is 4.74 Å². The van der Waals surface area contributed by atoms with Crippen LogP contribution in [0.4, 0.5) is 5.13 Å². The molecule has 1 aliphatic heterocycles. The summed E-state index contributed by atoms with van der Waals surface area (Å²) in [4.78, 5) is 8.41. The smallest absolute Gasteiger partial charge is 0.185 e. The summed E-state index contributed by atoms with van der Waals surface area (Å²) < 4.78 is 5.21. The van der Waals surface area contributed by atoms with Crippen LogP contribution in [-0.4, -0.2) is 32.2 Å². The van der Waals surface area contributed by atoms with Crippen molar-refractivity contribution in [2.75, 3.05) is 32.1 Å². The largest absolute Gasteiger partial charge is 0.378 e. The van der Waals surface area contributed by atoms with Crippen LogP contribution >= 0.6 is 11.3 Å². The zero-order valence-electron chi connectivity index (χ0n) is 10.8. The summed E-state index contributed by atoms with van der Waals surface area (Å²) in [7, 11) is 3.69. The highest BCUT2D eigenvalue weighted by molar-refractivity contribution is 7.15. The van der Waals surface area contributed by atoms with Crippen LogP contribution in [0, 0.1) is 5.92 Å². The number of hydrogen-bond acceptors (Lipinski definition) is 5. The van der Waals surface area contributed by atoms with Gasteiger partial charge in [0.2, 0.25) is 0 Å². The van der Waals surface area contributed by atoms with Crippen molar-refractivity contribution in [2.24, 2.45) is 5.92 Å². The standard InChI is InChI=1S/C12H21N3OS/c1-9-4-5-15(7-9)12-14-10(8-16-3)11(17-12)6-13-2/h9,13H,4-8H2,1-3H3. The fraction of sp³-hybridized carbons (Fsp3) is 0.750. The number of thiazole rings is 1. The summed E-state index contributed by atoms with van der Waals surface area (Å²) in [5.74, 6) is 0.789. The minimum Gasteiger partial charge on any atom is -0.378 e. The lowest BCUT2D eigenvalue weighted by molar-refractivity contribution is 0.181. The van der Waals surface area contributed by atoms with Gasteiger partial charge in [-0.1, -0.05) is 6.92 Å². The zero-order valence-corrected chi connectivity index (χ0v) is 11.6. The highest BCUT2D eigenvalue weighted by atomic mass is 32.1. The average Bonchev–Trinajstić information content (AvgIpc) is 2.87. The molecule has 1 aliphatic rings. The third kappa shape index (κ3) is 2.97. The number of rotatable bonds is 5. The Bertz CT molecular complexity index is 343. The van der Waals surface area contributed by atoms with E-state index in [0.29, 0.717) is 6.61 Å². The van der Waals surface area contributed by atoms with Gasteiger partial charge in [-0.25, -0.2) is 4.98 Å². The van der Waals surface area contributed by atoms with E-state index in [-0.39, 0.29) is 0 Å². The SMILES string of the molecule is CNCc1sc(N2CCC(C)C2)nc1COC. The van der Waals surface area contributed by atoms with E-state index in [0.717, 1.165) is 36.4 Å². The third-order valence-electron chi connectivity index (χ3n) is 3.08. The molecule has 5 heteroatoms. The number of ether oxygens (including phenoxy) is 1. The summed E-state index contributed by atoms with van der Waals surface area (Å²) in [6.07, 6.45) is 1.28. The van der Waals surface area contributed by atoms with Gasteiger partial charge in [-0.05, 0) is 19.4 Å². The summed E-state index contributed by atoms with van der Waals surface area (Å²) in [6.45, 7) is 6.06. The molecule has 0 saturated carbocycles. The summed E-state index contributed by atoms with van der Waals surface area (Å²) in [6, 6.07) is 0. The highest BCUT2D eigenvalue weighted by Crippen LogP contribution is 2.30. The molecule has 0 spiro atoms. The quantitative estimate of drug-likeness (QED) is 0.871. The number of nitrogens with zero attached hydrogens (tertiary/aromatic N) is 2. The lowest BCUT2D eigenvalue weighted by Crippen LogP contribution is -2.18. The number of anilines is 1. The van der Waals surface area contributed by atoms with E-state index >= 15 is 0 Å². The Kier molecular flexibility index (Phi) is 4.36. The molecule has 4 nitrogen and oxygen atoms in total. The van der Waals surface area contributed by atoms with Gasteiger partial charge in [0.15, 0.2) is 5.13 Å². The Balaban J connectivity index is 2.14. The molecule has 1 aromatic rings. The summed E-state index contributed by atoms with van der Waals surface area (Å²) in [5.41, 5.74) is 1.08. The van der Waals surface area contributed by atoms with Gasteiger partial charge < -0.3 is 15.0 Å². The molecule has 0 bridgehead atoms. The van der Waals surface area contributed by atoms with E-state index in [1.165, 1.54) is 11.3 Å². The Morgan fingerprint density at radius 3 is 3.00 bits per heavy atom. The lowest BCUT2D eigenvalue weighted by Gasteiger charge is -2.13. The van der Waals surface area contributed by atoms with Crippen LogP contribution in [0.3, 0.4) is 0 Å². The normalized spacial score (nSPS) is 20.2. The van der Waals surface area contributed by atoms with E-state index in [4.69, 9.17) is 9.72 Å². The van der Waals surface area contributed by atoms with Gasteiger partial charge in [-0.2, -0.15) is 0 Å². The molecule has 0 radical (unpaired) electrons. The van der Waals surface area contributed by atoms with E-state index in [1.807, 2.05) is 7.05 Å². The van der Waals surface area contributed by atoms with Crippen molar-refractivity contribution in [1.82, 2.24) is 10.3 Å². The topological polar surface area (TPSA) is 37.4 Å². The minimum atomic E-state index is 0.608. The predicted molar refractivity (Wildman–Crippen MR) is 71.6 cm³/mol. The minimum absolute atomic E-state index is 0.608. The number of nitrogens with one attached hydrogen (secondary N) is 1. The number of aromatic nitrogens is 1. The Morgan fingerprint density at radius 1 is 1.59 bits per heavy atom. The first-order valence-corrected chi connectivity index (χ1v) is 6.93. The predicted octanol–water partition coefficient (Wildman–Crippen LogP) is 1.86. The van der Waals surface area contributed by atoms with Crippen LogP contribution in [0.25, 0.3) is 0 Å². The maximum atomic E-state index is 5.21. The first-order chi connectivity index (χ1) is 8.24. The molecule has 1 aromatic heterocycles. The van der Waals surface area contributed by atoms with Crippen molar-refractivity contribution in [3.63, 3.8) is 0 Å². The maximum Gasteiger partial charge on any atom is 0.185 e. The van der Waals surface area contributed by atoms with Crippen molar-refractivity contribution in [2.45, 2.75) is 26.5 Å². The van der Waals surface area contributed by atoms with Gasteiger partial charge >= 0.3 is 0 Å². The molecule has 1 fully saturated rings. The van der Waals surface area contributed by atoms with Crippen molar-refractivity contribution in [3.05, 3.63) is 10.6 Å². The van der Waals surface area contributed by atoms with E-state index in [2.05, 4.69) is 17.1 Å². The first-order valence-electron chi connectivity index (χ1n) is 6.11. The van der Waals surface area contributed by atoms with Gasteiger partial charge in [-0.15, -0.1) is 11.3 Å². The molecule has 0 aromatic carbocycles. The molecule has 1 atom stereocenters. The Morgan fingerprint density at radius 2 is 2.41 bits per heavy atom. The number of methoxy groups -OCH3 is 1. The van der Waals surface area contributed by atoms with Crippen LogP contribution in [0.15, 0.2) is 0 Å². The Labute approximate surface area is 107 Å². The van der Waals surface area contributed by atoms with Gasteiger partial charge in [0.1, 0.15) is 0 Å². The van der Waals surface area contributed by atoms with Crippen molar-refractivity contribution in [3.8, 4) is 0 Å². The van der Waals surface area contributed by atoms with Crippen LogP contribution in [0.1, 0.15) is 23.9 Å². The van der Waals surface area contributed by atoms with E-state index in [9.17, 15) is 0 Å². The number of hydrogen-bond donors (Lipinski definition) is 1. The molecule has 96 valence electrons. The van der Waals surface area contributed by atoms with Crippen LogP contribution in [-0.2, 0) is 17.9 Å². The molecular weight excluding hydrogens is 234 g/mol. The molecule has 1 saturated heterocycles. The molecule has 2 rings (SSSR count). The fourth-order valence-electron chi connectivity index (χ4n) is 2.16. The molecular formula is C12H21N3OS. The van der Waals surface area contributed by atoms with Crippen LogP contribution < -0.4 is 10.2 Å². The molecule has 1 unspecified atom stereocenters. The van der Waals surface area contributed by atoms with E-state index in [1.54, 1.807) is 18.4 Å². The first kappa shape index (κ1) is 12.8. The monoisotopic (exact) mass is 255 g/mol. The molecule has 1 N–H and O–H groups in total. The van der Waals surface area contributed by atoms with Crippen molar-refractivity contribution in [1.29, 1.82) is 0 Å². The average molecular weight is 255 g/mol. The molecule has 0 amide bonds. The maximum absolute atomic E-state index is 5.21. The molecule has 2 heterocycles. The van der Waals surface area contributed by atoms with Gasteiger partial charge in [0.25, 0.3) is 0 Å². The van der Waals surface area contributed by atoms with E-state index < -0.39 is 0 Å². The fourth-order valence-corrected chi connectivity index (χ4v) is 3.27. The lowest BCUT2D eigenvalue weighted by atomic mass is 10.2. The second-order valence-electron chi connectivity index (χ2n) is 4.67. The van der Waals surface area contributed by atoms with Crippen LogP contribution in [0.2, 0.25) is 0 Å². The highest BCUT2D eigenvalue weighted by Gasteiger charge is 2.22. The van der Waals surface area contributed by atoms with Gasteiger partial charge in [-0.3, -0.25) is 0 Å². The summed E-state index contributed by atoms with van der Waals surface area (Å²) >= 11 is 1.80. The second-order valence-corrected chi connectivity index (χ2v) is 5.73. The van der Waals surface area contributed by atoms with Gasteiger partial charge in [0.05, 0.1) is 12.3 Å². The Hall–Kier alpha value is -0.650. The van der Waals surface area contributed by atoms with Crippen LogP contribution in [0.5, 0.6) is 0 Å². The molecule has 17 heavy (non-hydrogen) atoms. The second kappa shape index (κ2) is 5.80. The zero-order chi connectivity index (χ0) is 12.3. The molecule has 0 aliphatic carbocycles. The summed E-state index contributed by atoms with van der Waals surface area (Å²) in [5, 5.41) is 4.35. The third-order valence-corrected chi connectivity index (χ3v) is 4.24. The van der Waals surface area contributed by atoms with Gasteiger partial charge in [0, 0.05) is 31.6 Å². The van der Waals surface area contributed by atoms with Crippen molar-refractivity contribution >= 4 is 16.5 Å².